The summed E-state index contributed by atoms with van der Waals surface area (Å²) in [5.74, 6) is -2.81. The van der Waals surface area contributed by atoms with Crippen molar-refractivity contribution in [3.8, 4) is 0 Å². The van der Waals surface area contributed by atoms with Crippen LogP contribution in [0.5, 0.6) is 0 Å². The molecule has 1 N–H and O–H groups in total. The number of benzene rings is 1. The topological polar surface area (TPSA) is 63.6 Å². The van der Waals surface area contributed by atoms with E-state index in [-0.39, 0.29) is 17.7 Å². The van der Waals surface area contributed by atoms with Gasteiger partial charge in [-0.05, 0) is 25.1 Å². The Morgan fingerprint density at radius 1 is 1.33 bits per heavy atom. The van der Waals surface area contributed by atoms with Crippen LogP contribution in [0.1, 0.15) is 27.6 Å². The zero-order chi connectivity index (χ0) is 11.4. The molecule has 0 aliphatic rings. The number of rotatable bonds is 3. The van der Waals surface area contributed by atoms with Crippen LogP contribution in [-0.2, 0) is 4.74 Å². The van der Waals surface area contributed by atoms with Gasteiger partial charge in [0.25, 0.3) is 0 Å². The summed E-state index contributed by atoms with van der Waals surface area (Å²) < 4.78 is 17.5. The fourth-order valence-electron chi connectivity index (χ4n) is 1.05. The Hall–Kier alpha value is -1.91. The molecule has 0 amide bonds. The van der Waals surface area contributed by atoms with Crippen LogP contribution in [0.3, 0.4) is 0 Å². The maximum atomic E-state index is 12.9. The summed E-state index contributed by atoms with van der Waals surface area (Å²) in [7, 11) is 0. The first kappa shape index (κ1) is 11.2. The highest BCUT2D eigenvalue weighted by Crippen LogP contribution is 2.10. The molecule has 15 heavy (non-hydrogen) atoms. The molecule has 0 heterocycles. The quantitative estimate of drug-likeness (QED) is 0.774. The average Bonchev–Trinajstić information content (AvgIpc) is 2.17. The molecule has 0 radical (unpaired) electrons. The van der Waals surface area contributed by atoms with Gasteiger partial charge >= 0.3 is 11.9 Å². The molecule has 0 atom stereocenters. The van der Waals surface area contributed by atoms with Crippen LogP contribution in [0.2, 0.25) is 0 Å². The summed E-state index contributed by atoms with van der Waals surface area (Å²) in [6, 6.07) is 2.85. The molecule has 5 heteroatoms. The third kappa shape index (κ3) is 2.77. The van der Waals surface area contributed by atoms with Gasteiger partial charge in [-0.2, -0.15) is 0 Å². The third-order valence-corrected chi connectivity index (χ3v) is 1.66. The van der Waals surface area contributed by atoms with Crippen LogP contribution >= 0.6 is 0 Å². The lowest BCUT2D eigenvalue weighted by Gasteiger charge is -2.03. The normalized spacial score (nSPS) is 9.73. The molecule has 0 unspecified atom stereocenters. The van der Waals surface area contributed by atoms with E-state index < -0.39 is 17.8 Å². The lowest BCUT2D eigenvalue weighted by atomic mass is 10.1. The summed E-state index contributed by atoms with van der Waals surface area (Å²) in [6.07, 6.45) is 0. The van der Waals surface area contributed by atoms with Crippen LogP contribution in [0.4, 0.5) is 4.39 Å². The summed E-state index contributed by atoms with van der Waals surface area (Å²) in [4.78, 5) is 21.8. The second-order valence-corrected chi connectivity index (χ2v) is 2.75. The number of esters is 1. The maximum Gasteiger partial charge on any atom is 0.338 e. The predicted octanol–water partition coefficient (Wildman–Crippen LogP) is 1.70. The molecule has 0 aliphatic heterocycles. The second kappa shape index (κ2) is 4.54. The highest BCUT2D eigenvalue weighted by Gasteiger charge is 2.12. The maximum absolute atomic E-state index is 12.9. The molecule has 0 spiro atoms. The summed E-state index contributed by atoms with van der Waals surface area (Å²) in [5, 5.41) is 8.63. The molecule has 1 aromatic carbocycles. The predicted molar refractivity (Wildman–Crippen MR) is 49.3 cm³/mol. The van der Waals surface area contributed by atoms with E-state index in [9.17, 15) is 14.0 Å². The number of carbonyl (C=O) groups excluding carboxylic acids is 1. The van der Waals surface area contributed by atoms with Crippen molar-refractivity contribution < 1.29 is 23.8 Å². The minimum atomic E-state index is -1.29. The van der Waals surface area contributed by atoms with Crippen LogP contribution in [0, 0.1) is 5.82 Å². The number of carboxylic acid groups (broad SMARTS) is 1. The minimum absolute atomic E-state index is 0.103. The summed E-state index contributed by atoms with van der Waals surface area (Å²) in [5.41, 5.74) is -0.382. The molecule has 4 nitrogen and oxygen atoms in total. The van der Waals surface area contributed by atoms with Gasteiger partial charge in [-0.15, -0.1) is 0 Å². The number of halogens is 1. The van der Waals surface area contributed by atoms with Gasteiger partial charge in [0.2, 0.25) is 0 Å². The number of carboxylic acids is 1. The van der Waals surface area contributed by atoms with Crippen molar-refractivity contribution in [1.82, 2.24) is 0 Å². The summed E-state index contributed by atoms with van der Waals surface area (Å²) >= 11 is 0. The zero-order valence-electron chi connectivity index (χ0n) is 7.99. The molecule has 1 aromatic rings. The Morgan fingerprint density at radius 3 is 2.47 bits per heavy atom. The second-order valence-electron chi connectivity index (χ2n) is 2.75. The largest absolute Gasteiger partial charge is 0.478 e. The first-order chi connectivity index (χ1) is 7.04. The Morgan fingerprint density at radius 2 is 1.93 bits per heavy atom. The van der Waals surface area contributed by atoms with Crippen LogP contribution < -0.4 is 0 Å². The molecule has 0 saturated heterocycles. The monoisotopic (exact) mass is 212 g/mol. The van der Waals surface area contributed by atoms with E-state index >= 15 is 0 Å². The van der Waals surface area contributed by atoms with Crippen molar-refractivity contribution in [3.63, 3.8) is 0 Å². The molecule has 0 bridgehead atoms. The Labute approximate surface area is 85.3 Å². The fraction of sp³-hybridized carbons (Fsp3) is 0.200. The van der Waals surface area contributed by atoms with Crippen molar-refractivity contribution in [3.05, 3.63) is 35.1 Å². The van der Waals surface area contributed by atoms with Crippen molar-refractivity contribution in [1.29, 1.82) is 0 Å². The SMILES string of the molecule is CCOC(=O)c1cc(F)cc(C(=O)O)c1. The first-order valence-electron chi connectivity index (χ1n) is 4.25. The lowest BCUT2D eigenvalue weighted by Crippen LogP contribution is -2.07. The molecular weight excluding hydrogens is 203 g/mol. The van der Waals surface area contributed by atoms with Crippen molar-refractivity contribution in [2.75, 3.05) is 6.61 Å². The van der Waals surface area contributed by atoms with Gasteiger partial charge in [-0.25, -0.2) is 14.0 Å². The number of aromatic carboxylic acids is 1. The van der Waals surface area contributed by atoms with Gasteiger partial charge < -0.3 is 9.84 Å². The van der Waals surface area contributed by atoms with Gasteiger partial charge in [0.05, 0.1) is 17.7 Å². The Kier molecular flexibility index (Phi) is 3.38. The molecule has 0 fully saturated rings. The zero-order valence-corrected chi connectivity index (χ0v) is 7.99. The van der Waals surface area contributed by atoms with E-state index in [1.165, 1.54) is 0 Å². The lowest BCUT2D eigenvalue weighted by molar-refractivity contribution is 0.0526. The molecule has 1 rings (SSSR count). The Balaban J connectivity index is 3.09. The van der Waals surface area contributed by atoms with Crippen LogP contribution in [0.15, 0.2) is 18.2 Å². The van der Waals surface area contributed by atoms with E-state index in [0.29, 0.717) is 0 Å². The number of ether oxygens (including phenoxy) is 1. The van der Waals surface area contributed by atoms with Gasteiger partial charge in [0, 0.05) is 0 Å². The highest BCUT2D eigenvalue weighted by atomic mass is 19.1. The molecular formula is C10H9FO4. The van der Waals surface area contributed by atoms with E-state index in [1.54, 1.807) is 6.92 Å². The third-order valence-electron chi connectivity index (χ3n) is 1.66. The van der Waals surface area contributed by atoms with E-state index in [1.807, 2.05) is 0 Å². The van der Waals surface area contributed by atoms with E-state index in [0.717, 1.165) is 18.2 Å². The van der Waals surface area contributed by atoms with Gasteiger partial charge in [0.15, 0.2) is 0 Å². The summed E-state index contributed by atoms with van der Waals surface area (Å²) in [6.45, 7) is 1.76. The Bertz CT molecular complexity index is 400. The first-order valence-corrected chi connectivity index (χ1v) is 4.25. The van der Waals surface area contributed by atoms with Crippen LogP contribution in [0.25, 0.3) is 0 Å². The minimum Gasteiger partial charge on any atom is -0.478 e. The van der Waals surface area contributed by atoms with Crippen molar-refractivity contribution >= 4 is 11.9 Å². The molecule has 80 valence electrons. The van der Waals surface area contributed by atoms with Crippen molar-refractivity contribution in [2.24, 2.45) is 0 Å². The molecule has 0 aromatic heterocycles. The number of hydrogen-bond acceptors (Lipinski definition) is 3. The fourth-order valence-corrected chi connectivity index (χ4v) is 1.05. The number of hydrogen-bond donors (Lipinski definition) is 1. The van der Waals surface area contributed by atoms with E-state index in [4.69, 9.17) is 5.11 Å². The van der Waals surface area contributed by atoms with Crippen molar-refractivity contribution in [2.45, 2.75) is 6.92 Å². The van der Waals surface area contributed by atoms with Gasteiger partial charge in [0.1, 0.15) is 5.82 Å². The molecule has 0 aliphatic carbocycles. The smallest absolute Gasteiger partial charge is 0.338 e. The molecule has 0 saturated carbocycles. The average molecular weight is 212 g/mol. The van der Waals surface area contributed by atoms with Crippen LogP contribution in [-0.4, -0.2) is 23.7 Å². The standard InChI is InChI=1S/C10H9FO4/c1-2-15-10(14)7-3-6(9(12)13)4-8(11)5-7/h3-5H,2H2,1H3,(H,12,13). The van der Waals surface area contributed by atoms with Gasteiger partial charge in [-0.3, -0.25) is 0 Å². The van der Waals surface area contributed by atoms with Gasteiger partial charge in [-0.1, -0.05) is 0 Å². The highest BCUT2D eigenvalue weighted by molar-refractivity contribution is 5.94. The van der Waals surface area contributed by atoms with E-state index in [2.05, 4.69) is 4.74 Å². The number of carbonyl (C=O) groups is 2.